The number of anilines is 1. The fraction of sp³-hybridized carbons (Fsp3) is 0.263. The van der Waals surface area contributed by atoms with Gasteiger partial charge >= 0.3 is 0 Å². The van der Waals surface area contributed by atoms with Crippen LogP contribution in [0.3, 0.4) is 0 Å². The van der Waals surface area contributed by atoms with Crippen LogP contribution in [-0.4, -0.2) is 15.9 Å². The summed E-state index contributed by atoms with van der Waals surface area (Å²) in [5.74, 6) is 1.66. The Morgan fingerprint density at radius 2 is 2.00 bits per heavy atom. The number of amides is 1. The van der Waals surface area contributed by atoms with Crippen LogP contribution in [-0.2, 0) is 11.2 Å². The second-order valence-electron chi connectivity index (χ2n) is 6.19. The Kier molecular flexibility index (Phi) is 3.58. The smallest absolute Gasteiger partial charge is 0.228 e. The molecule has 0 bridgehead atoms. The number of H-pyrrole nitrogens is 1. The van der Waals surface area contributed by atoms with Gasteiger partial charge in [-0.3, -0.25) is 4.79 Å². The van der Waals surface area contributed by atoms with Crippen molar-refractivity contribution in [3.8, 4) is 0 Å². The molecule has 116 valence electrons. The van der Waals surface area contributed by atoms with Crippen molar-refractivity contribution in [2.75, 3.05) is 5.32 Å². The molecule has 0 atom stereocenters. The number of carbonyl (C=O) groups is 1. The average molecular weight is 305 g/mol. The van der Waals surface area contributed by atoms with E-state index >= 15 is 0 Å². The van der Waals surface area contributed by atoms with E-state index in [-0.39, 0.29) is 5.91 Å². The quantitative estimate of drug-likeness (QED) is 0.765. The molecule has 23 heavy (non-hydrogen) atoms. The zero-order chi connectivity index (χ0) is 15.6. The Balaban J connectivity index is 1.49. The first-order valence-electron chi connectivity index (χ1n) is 8.11. The minimum atomic E-state index is -0.00529. The molecule has 4 heteroatoms. The molecular formula is C19H19N3O. The van der Waals surface area contributed by atoms with E-state index in [2.05, 4.69) is 15.3 Å². The highest BCUT2D eigenvalue weighted by Gasteiger charge is 2.22. The second kappa shape index (κ2) is 5.88. The van der Waals surface area contributed by atoms with Crippen molar-refractivity contribution < 1.29 is 4.79 Å². The van der Waals surface area contributed by atoms with Gasteiger partial charge in [0.15, 0.2) is 0 Å². The minimum absolute atomic E-state index is 0.00529. The number of carbonyl (C=O) groups excluding carboxylic acids is 1. The summed E-state index contributed by atoms with van der Waals surface area (Å²) in [4.78, 5) is 20.2. The molecule has 2 aromatic carbocycles. The highest BCUT2D eigenvalue weighted by molar-refractivity contribution is 5.94. The molecule has 1 heterocycles. The van der Waals surface area contributed by atoms with Gasteiger partial charge in [0.25, 0.3) is 0 Å². The Morgan fingerprint density at radius 1 is 1.17 bits per heavy atom. The van der Waals surface area contributed by atoms with Gasteiger partial charge in [-0.25, -0.2) is 4.98 Å². The number of imidazole rings is 1. The Labute approximate surface area is 134 Å². The molecule has 0 radical (unpaired) electrons. The lowest BCUT2D eigenvalue weighted by Gasteiger charge is -2.22. The van der Waals surface area contributed by atoms with Crippen LogP contribution in [0.4, 0.5) is 5.69 Å². The number of nitrogens with one attached hydrogen (secondary N) is 2. The molecular weight excluding hydrogens is 286 g/mol. The highest BCUT2D eigenvalue weighted by Crippen LogP contribution is 2.35. The van der Waals surface area contributed by atoms with Crippen LogP contribution >= 0.6 is 0 Å². The van der Waals surface area contributed by atoms with Crippen LogP contribution < -0.4 is 5.32 Å². The van der Waals surface area contributed by atoms with Crippen LogP contribution in [0.25, 0.3) is 11.0 Å². The summed E-state index contributed by atoms with van der Waals surface area (Å²) in [5, 5.41) is 2.96. The topological polar surface area (TPSA) is 57.8 Å². The van der Waals surface area contributed by atoms with Gasteiger partial charge in [0.1, 0.15) is 5.82 Å². The number of benzene rings is 2. The van der Waals surface area contributed by atoms with E-state index in [4.69, 9.17) is 0 Å². The number of nitrogens with zero attached hydrogens (tertiary/aromatic N) is 1. The Bertz CT molecular complexity index is 834. The van der Waals surface area contributed by atoms with Gasteiger partial charge in [0, 0.05) is 11.6 Å². The van der Waals surface area contributed by atoms with Crippen molar-refractivity contribution in [2.24, 2.45) is 0 Å². The Morgan fingerprint density at radius 3 is 2.74 bits per heavy atom. The van der Waals surface area contributed by atoms with Gasteiger partial charge in [-0.1, -0.05) is 36.8 Å². The van der Waals surface area contributed by atoms with Crippen molar-refractivity contribution in [2.45, 2.75) is 31.6 Å². The van der Waals surface area contributed by atoms with Crippen molar-refractivity contribution in [3.05, 3.63) is 59.9 Å². The van der Waals surface area contributed by atoms with Gasteiger partial charge < -0.3 is 10.3 Å². The summed E-state index contributed by atoms with van der Waals surface area (Å²) in [5.41, 5.74) is 3.78. The molecule has 3 aromatic rings. The number of rotatable bonds is 4. The monoisotopic (exact) mass is 305 g/mol. The third-order valence-corrected chi connectivity index (χ3v) is 4.48. The first-order valence-corrected chi connectivity index (χ1v) is 8.11. The molecule has 1 amide bonds. The molecule has 1 aliphatic rings. The molecule has 0 unspecified atom stereocenters. The van der Waals surface area contributed by atoms with Gasteiger partial charge in [-0.15, -0.1) is 0 Å². The van der Waals surface area contributed by atoms with Crippen LogP contribution in [0.1, 0.15) is 36.6 Å². The number of hydrogen-bond acceptors (Lipinski definition) is 2. The van der Waals surface area contributed by atoms with Crippen LogP contribution in [0, 0.1) is 0 Å². The van der Waals surface area contributed by atoms with Crippen LogP contribution in [0.15, 0.2) is 48.5 Å². The van der Waals surface area contributed by atoms with Gasteiger partial charge in [-0.2, -0.15) is 0 Å². The van der Waals surface area contributed by atoms with Crippen molar-refractivity contribution in [1.29, 1.82) is 0 Å². The summed E-state index contributed by atoms with van der Waals surface area (Å²) in [6.07, 6.45) is 4.12. The first-order chi connectivity index (χ1) is 11.3. The standard InChI is InChI=1S/C19H19N3O/c23-18(11-13-5-2-1-3-6-13)20-15-9-10-16-17(12-15)22-19(21-16)14-7-4-8-14/h1-3,5-6,9-10,12,14H,4,7-8,11H2,(H,20,23)(H,21,22). The van der Waals surface area contributed by atoms with E-state index in [0.717, 1.165) is 28.1 Å². The number of hydrogen-bond donors (Lipinski definition) is 2. The summed E-state index contributed by atoms with van der Waals surface area (Å²) in [7, 11) is 0. The largest absolute Gasteiger partial charge is 0.342 e. The fourth-order valence-corrected chi connectivity index (χ4v) is 2.97. The normalized spacial score (nSPS) is 14.6. The number of aromatic amines is 1. The number of fused-ring (bicyclic) bond motifs is 1. The third-order valence-electron chi connectivity index (χ3n) is 4.48. The summed E-state index contributed by atoms with van der Waals surface area (Å²) < 4.78 is 0. The average Bonchev–Trinajstić information content (AvgIpc) is 2.88. The van der Waals surface area contributed by atoms with Gasteiger partial charge in [-0.05, 0) is 36.6 Å². The molecule has 1 aromatic heterocycles. The predicted molar refractivity (Wildman–Crippen MR) is 91.5 cm³/mol. The lowest BCUT2D eigenvalue weighted by Crippen LogP contribution is -2.14. The molecule has 1 aliphatic carbocycles. The maximum Gasteiger partial charge on any atom is 0.228 e. The SMILES string of the molecule is O=C(Cc1ccccc1)Nc1ccc2nc(C3CCC3)[nH]c2c1. The van der Waals surface area contributed by atoms with Crippen molar-refractivity contribution >= 4 is 22.6 Å². The summed E-state index contributed by atoms with van der Waals surface area (Å²) >= 11 is 0. The minimum Gasteiger partial charge on any atom is -0.342 e. The van der Waals surface area contributed by atoms with Crippen molar-refractivity contribution in [1.82, 2.24) is 9.97 Å². The molecule has 1 saturated carbocycles. The van der Waals surface area contributed by atoms with E-state index in [1.165, 1.54) is 19.3 Å². The maximum absolute atomic E-state index is 12.1. The third kappa shape index (κ3) is 2.97. The number of aromatic nitrogens is 2. The predicted octanol–water partition coefficient (Wildman–Crippen LogP) is 4.01. The molecule has 1 fully saturated rings. The van der Waals surface area contributed by atoms with E-state index in [1.54, 1.807) is 0 Å². The molecule has 0 spiro atoms. The first kappa shape index (κ1) is 14.0. The van der Waals surface area contributed by atoms with Crippen LogP contribution in [0.2, 0.25) is 0 Å². The zero-order valence-corrected chi connectivity index (χ0v) is 12.9. The molecule has 0 saturated heterocycles. The lowest BCUT2D eigenvalue weighted by molar-refractivity contribution is -0.115. The fourth-order valence-electron chi connectivity index (χ4n) is 2.97. The maximum atomic E-state index is 12.1. The van der Waals surface area contributed by atoms with E-state index in [0.29, 0.717) is 12.3 Å². The Hall–Kier alpha value is -2.62. The lowest BCUT2D eigenvalue weighted by atomic mass is 9.85. The van der Waals surface area contributed by atoms with Crippen molar-refractivity contribution in [3.63, 3.8) is 0 Å². The summed E-state index contributed by atoms with van der Waals surface area (Å²) in [6.45, 7) is 0. The van der Waals surface area contributed by atoms with E-state index in [1.807, 2.05) is 48.5 Å². The van der Waals surface area contributed by atoms with Gasteiger partial charge in [0.2, 0.25) is 5.91 Å². The van der Waals surface area contributed by atoms with Crippen LogP contribution in [0.5, 0.6) is 0 Å². The second-order valence-corrected chi connectivity index (χ2v) is 6.19. The molecule has 4 rings (SSSR count). The molecule has 4 nitrogen and oxygen atoms in total. The summed E-state index contributed by atoms with van der Waals surface area (Å²) in [6, 6.07) is 15.6. The highest BCUT2D eigenvalue weighted by atomic mass is 16.1. The zero-order valence-electron chi connectivity index (χ0n) is 12.9. The molecule has 2 N–H and O–H groups in total. The van der Waals surface area contributed by atoms with Gasteiger partial charge in [0.05, 0.1) is 17.5 Å². The molecule has 0 aliphatic heterocycles. The van der Waals surface area contributed by atoms with E-state index < -0.39 is 0 Å². The van der Waals surface area contributed by atoms with E-state index in [9.17, 15) is 4.79 Å².